The molecule has 5 nitrogen and oxygen atoms in total. The number of piperazine rings is 1. The fourth-order valence-corrected chi connectivity index (χ4v) is 2.93. The van der Waals surface area contributed by atoms with Gasteiger partial charge in [-0.1, -0.05) is 34.1 Å². The number of benzene rings is 1. The van der Waals surface area contributed by atoms with Gasteiger partial charge in [0.1, 0.15) is 6.04 Å². The number of hydrogen-bond acceptors (Lipinski definition) is 3. The van der Waals surface area contributed by atoms with Crippen LogP contribution in [0.5, 0.6) is 0 Å². The molecule has 2 fully saturated rings. The van der Waals surface area contributed by atoms with Crippen molar-refractivity contribution in [1.29, 1.82) is 0 Å². The average Bonchev–Trinajstić information content (AvgIpc) is 3.31. The van der Waals surface area contributed by atoms with E-state index in [9.17, 15) is 9.59 Å². The normalized spacial score (nSPS) is 21.8. The Morgan fingerprint density at radius 3 is 2.71 bits per heavy atom. The number of rotatable bonds is 4. The standard InChI is InChI=1S/C15H18BrN3O2/c16-12-4-2-1-3-10(12)9-19(11-5-6-11)15(21)13-7-18-14(20)8-17-13/h1-4,11,13,17H,5-9H2,(H,18,20). The highest BCUT2D eigenvalue weighted by atomic mass is 79.9. The van der Waals surface area contributed by atoms with Crippen LogP contribution in [0.1, 0.15) is 18.4 Å². The van der Waals surface area contributed by atoms with E-state index in [2.05, 4.69) is 26.6 Å². The van der Waals surface area contributed by atoms with E-state index in [0.717, 1.165) is 22.9 Å². The van der Waals surface area contributed by atoms with Crippen molar-refractivity contribution < 1.29 is 9.59 Å². The van der Waals surface area contributed by atoms with E-state index in [0.29, 0.717) is 19.1 Å². The highest BCUT2D eigenvalue weighted by Crippen LogP contribution is 2.30. The number of carbonyl (C=O) groups excluding carboxylic acids is 2. The lowest BCUT2D eigenvalue weighted by Gasteiger charge is -2.30. The van der Waals surface area contributed by atoms with Crippen molar-refractivity contribution in [3.63, 3.8) is 0 Å². The van der Waals surface area contributed by atoms with Gasteiger partial charge < -0.3 is 10.2 Å². The molecular weight excluding hydrogens is 334 g/mol. The molecule has 6 heteroatoms. The molecule has 21 heavy (non-hydrogen) atoms. The minimum absolute atomic E-state index is 0.0529. The lowest BCUT2D eigenvalue weighted by atomic mass is 10.1. The molecule has 3 rings (SSSR count). The van der Waals surface area contributed by atoms with Gasteiger partial charge in [-0.3, -0.25) is 14.9 Å². The minimum atomic E-state index is -0.314. The Morgan fingerprint density at radius 1 is 1.33 bits per heavy atom. The van der Waals surface area contributed by atoms with Gasteiger partial charge in [-0.2, -0.15) is 0 Å². The molecule has 1 unspecified atom stereocenters. The summed E-state index contributed by atoms with van der Waals surface area (Å²) in [6, 6.07) is 7.99. The molecule has 2 N–H and O–H groups in total. The molecule has 1 atom stereocenters. The van der Waals surface area contributed by atoms with Gasteiger partial charge >= 0.3 is 0 Å². The maximum absolute atomic E-state index is 12.7. The van der Waals surface area contributed by atoms with Crippen LogP contribution >= 0.6 is 15.9 Å². The van der Waals surface area contributed by atoms with Gasteiger partial charge in [-0.15, -0.1) is 0 Å². The number of nitrogens with zero attached hydrogens (tertiary/aromatic N) is 1. The molecule has 112 valence electrons. The van der Waals surface area contributed by atoms with E-state index < -0.39 is 0 Å². The van der Waals surface area contributed by atoms with Crippen LogP contribution in [0, 0.1) is 0 Å². The first kappa shape index (κ1) is 14.5. The molecule has 1 aliphatic heterocycles. The fraction of sp³-hybridized carbons (Fsp3) is 0.467. The summed E-state index contributed by atoms with van der Waals surface area (Å²) in [6.45, 7) is 1.19. The van der Waals surface area contributed by atoms with Crippen LogP contribution in [0.25, 0.3) is 0 Å². The average molecular weight is 352 g/mol. The van der Waals surface area contributed by atoms with Crippen molar-refractivity contribution in [2.24, 2.45) is 0 Å². The Hall–Kier alpha value is -1.40. The quantitative estimate of drug-likeness (QED) is 0.851. The zero-order chi connectivity index (χ0) is 14.8. The number of amides is 2. The first-order valence-electron chi connectivity index (χ1n) is 7.19. The molecule has 1 aliphatic carbocycles. The molecule has 2 amide bonds. The van der Waals surface area contributed by atoms with E-state index in [-0.39, 0.29) is 24.4 Å². The van der Waals surface area contributed by atoms with Crippen LogP contribution in [0.2, 0.25) is 0 Å². The number of nitrogens with one attached hydrogen (secondary N) is 2. The summed E-state index contributed by atoms with van der Waals surface area (Å²) in [5.41, 5.74) is 1.11. The highest BCUT2D eigenvalue weighted by molar-refractivity contribution is 9.10. The lowest BCUT2D eigenvalue weighted by Crippen LogP contribution is -2.58. The van der Waals surface area contributed by atoms with Crippen molar-refractivity contribution in [3.8, 4) is 0 Å². The Morgan fingerprint density at radius 2 is 2.10 bits per heavy atom. The molecule has 0 radical (unpaired) electrons. The highest BCUT2D eigenvalue weighted by Gasteiger charge is 2.37. The number of carbonyl (C=O) groups is 2. The van der Waals surface area contributed by atoms with Crippen LogP contribution in [0.15, 0.2) is 28.7 Å². The number of hydrogen-bond donors (Lipinski definition) is 2. The van der Waals surface area contributed by atoms with Crippen molar-refractivity contribution in [2.45, 2.75) is 31.5 Å². The summed E-state index contributed by atoms with van der Waals surface area (Å²) in [6.07, 6.45) is 2.13. The zero-order valence-electron chi connectivity index (χ0n) is 11.6. The molecule has 1 aromatic carbocycles. The summed E-state index contributed by atoms with van der Waals surface area (Å²) in [5.74, 6) is 0.0241. The molecular formula is C15H18BrN3O2. The SMILES string of the molecule is O=C1CNC(C(=O)N(Cc2ccccc2Br)C2CC2)CN1. The van der Waals surface area contributed by atoms with Crippen molar-refractivity contribution >= 4 is 27.7 Å². The molecule has 1 heterocycles. The van der Waals surface area contributed by atoms with Gasteiger partial charge in [0.25, 0.3) is 0 Å². The van der Waals surface area contributed by atoms with Gasteiger partial charge in [-0.05, 0) is 24.5 Å². The molecule has 0 aromatic heterocycles. The topological polar surface area (TPSA) is 61.4 Å². The van der Waals surface area contributed by atoms with Crippen molar-refractivity contribution in [2.75, 3.05) is 13.1 Å². The summed E-state index contributed by atoms with van der Waals surface area (Å²) in [7, 11) is 0. The summed E-state index contributed by atoms with van der Waals surface area (Å²) in [5, 5.41) is 5.76. The minimum Gasteiger partial charge on any atom is -0.353 e. The summed E-state index contributed by atoms with van der Waals surface area (Å²) < 4.78 is 1.02. The van der Waals surface area contributed by atoms with Gasteiger partial charge in [0.05, 0.1) is 6.54 Å². The molecule has 0 spiro atoms. The van der Waals surface area contributed by atoms with E-state index in [4.69, 9.17) is 0 Å². The second-order valence-corrected chi connectivity index (χ2v) is 6.38. The smallest absolute Gasteiger partial charge is 0.242 e. The van der Waals surface area contributed by atoms with Gasteiger partial charge in [0, 0.05) is 23.6 Å². The van der Waals surface area contributed by atoms with Gasteiger partial charge in [0.2, 0.25) is 11.8 Å². The third-order valence-electron chi connectivity index (χ3n) is 3.88. The molecule has 1 saturated carbocycles. The van der Waals surface area contributed by atoms with Crippen molar-refractivity contribution in [1.82, 2.24) is 15.5 Å². The summed E-state index contributed by atoms with van der Waals surface area (Å²) >= 11 is 3.54. The van der Waals surface area contributed by atoms with E-state index in [1.54, 1.807) is 0 Å². The zero-order valence-corrected chi connectivity index (χ0v) is 13.2. The fourth-order valence-electron chi connectivity index (χ4n) is 2.52. The molecule has 1 saturated heterocycles. The van der Waals surface area contributed by atoms with Gasteiger partial charge in [0.15, 0.2) is 0 Å². The Bertz CT molecular complexity index is 550. The third-order valence-corrected chi connectivity index (χ3v) is 4.65. The molecule has 1 aromatic rings. The van der Waals surface area contributed by atoms with Crippen LogP contribution in [0.4, 0.5) is 0 Å². The first-order chi connectivity index (χ1) is 10.1. The maximum atomic E-state index is 12.7. The molecule has 0 bridgehead atoms. The monoisotopic (exact) mass is 351 g/mol. The predicted molar refractivity (Wildman–Crippen MR) is 82.5 cm³/mol. The van der Waals surface area contributed by atoms with Crippen LogP contribution in [0.3, 0.4) is 0 Å². The second-order valence-electron chi connectivity index (χ2n) is 5.53. The van der Waals surface area contributed by atoms with Gasteiger partial charge in [-0.25, -0.2) is 0 Å². The second kappa shape index (κ2) is 6.15. The van der Waals surface area contributed by atoms with Crippen LogP contribution < -0.4 is 10.6 Å². The van der Waals surface area contributed by atoms with E-state index >= 15 is 0 Å². The van der Waals surface area contributed by atoms with E-state index in [1.165, 1.54) is 0 Å². The summed E-state index contributed by atoms with van der Waals surface area (Å²) in [4.78, 5) is 25.8. The lowest BCUT2D eigenvalue weighted by molar-refractivity contribution is -0.136. The van der Waals surface area contributed by atoms with Crippen molar-refractivity contribution in [3.05, 3.63) is 34.3 Å². The van der Waals surface area contributed by atoms with Crippen LogP contribution in [-0.4, -0.2) is 41.9 Å². The van der Waals surface area contributed by atoms with Crippen LogP contribution in [-0.2, 0) is 16.1 Å². The Balaban J connectivity index is 1.71. The van der Waals surface area contributed by atoms with E-state index in [1.807, 2.05) is 29.2 Å². The largest absolute Gasteiger partial charge is 0.353 e. The molecule has 2 aliphatic rings. The Labute approximate surface area is 132 Å². The Kier molecular flexibility index (Phi) is 4.26. The third kappa shape index (κ3) is 3.44. The maximum Gasteiger partial charge on any atom is 0.242 e. The number of halogens is 1. The predicted octanol–water partition coefficient (Wildman–Crippen LogP) is 1.03. The first-order valence-corrected chi connectivity index (χ1v) is 7.98.